The second-order valence-electron chi connectivity index (χ2n) is 7.59. The summed E-state index contributed by atoms with van der Waals surface area (Å²) in [7, 11) is 0. The normalized spacial score (nSPS) is 70.0. The van der Waals surface area contributed by atoms with Crippen LogP contribution in [0.4, 0.5) is 0 Å². The Labute approximate surface area is 94.7 Å². The van der Waals surface area contributed by atoms with Crippen LogP contribution in [-0.4, -0.2) is 17.1 Å². The molecule has 6 aliphatic carbocycles. The molecular weight excluding hydrogens is 202 g/mol. The summed E-state index contributed by atoms with van der Waals surface area (Å²) in [6.45, 7) is 5.87. The number of nitrogens with two attached hydrogens (primary N) is 1. The van der Waals surface area contributed by atoms with E-state index in [0.717, 1.165) is 0 Å². The summed E-state index contributed by atoms with van der Waals surface area (Å²) < 4.78 is 5.60. The van der Waals surface area contributed by atoms with Gasteiger partial charge in [0.25, 0.3) is 0 Å². The molecule has 6 rings (SSSR count). The standard InChI is InChI=1S/C13H17NO2/c1-11(2,3)16-10(15)12-4-7-5(12)9-6(12)8(4)13(7,9)14/h4-9H,14H2,1-3H3. The molecule has 86 valence electrons. The predicted octanol–water partition coefficient (Wildman–Crippen LogP) is 0.777. The molecule has 6 aliphatic rings. The fourth-order valence-corrected chi connectivity index (χ4v) is 6.39. The van der Waals surface area contributed by atoms with Gasteiger partial charge in [-0.05, 0) is 56.3 Å². The minimum Gasteiger partial charge on any atom is -0.460 e. The number of rotatable bonds is 1. The smallest absolute Gasteiger partial charge is 0.313 e. The van der Waals surface area contributed by atoms with Crippen LogP contribution in [-0.2, 0) is 9.53 Å². The van der Waals surface area contributed by atoms with E-state index in [4.69, 9.17) is 10.5 Å². The molecule has 0 amide bonds. The molecule has 0 spiro atoms. The zero-order valence-corrected chi connectivity index (χ0v) is 9.86. The predicted molar refractivity (Wildman–Crippen MR) is 56.1 cm³/mol. The lowest BCUT2D eigenvalue weighted by molar-refractivity contribution is -0.605. The lowest BCUT2D eigenvalue weighted by Gasteiger charge is -3.09. The van der Waals surface area contributed by atoms with Gasteiger partial charge in [0.1, 0.15) is 5.60 Å². The van der Waals surface area contributed by atoms with E-state index in [0.29, 0.717) is 35.5 Å². The number of ether oxygens (including phenoxy) is 1. The molecule has 6 fully saturated rings. The Morgan fingerprint density at radius 1 is 1.06 bits per heavy atom. The van der Waals surface area contributed by atoms with E-state index in [1.54, 1.807) is 0 Å². The van der Waals surface area contributed by atoms with Crippen molar-refractivity contribution in [1.29, 1.82) is 0 Å². The van der Waals surface area contributed by atoms with Gasteiger partial charge in [-0.3, -0.25) is 4.79 Å². The third-order valence-corrected chi connectivity index (χ3v) is 6.46. The SMILES string of the molecule is CC(C)(C)OC(=O)C12C3C4C1C1C2C3C41N. The van der Waals surface area contributed by atoms with Crippen LogP contribution in [0, 0.1) is 40.9 Å². The van der Waals surface area contributed by atoms with Crippen molar-refractivity contribution in [2.75, 3.05) is 0 Å². The van der Waals surface area contributed by atoms with Crippen molar-refractivity contribution in [3.8, 4) is 0 Å². The molecule has 6 saturated carbocycles. The number of carbonyl (C=O) groups excluding carboxylic acids is 1. The van der Waals surface area contributed by atoms with Crippen LogP contribution in [0.3, 0.4) is 0 Å². The zero-order valence-electron chi connectivity index (χ0n) is 9.86. The van der Waals surface area contributed by atoms with E-state index in [1.165, 1.54) is 0 Å². The van der Waals surface area contributed by atoms with E-state index in [9.17, 15) is 4.79 Å². The minimum atomic E-state index is -0.341. The average molecular weight is 219 g/mol. The second-order valence-corrected chi connectivity index (χ2v) is 7.59. The lowest BCUT2D eigenvalue weighted by Crippen LogP contribution is -3.15. The van der Waals surface area contributed by atoms with Gasteiger partial charge in [-0.1, -0.05) is 0 Å². The highest BCUT2D eigenvalue weighted by atomic mass is 16.6. The molecule has 3 nitrogen and oxygen atoms in total. The summed E-state index contributed by atoms with van der Waals surface area (Å²) in [5.74, 6) is 4.03. The maximum Gasteiger partial charge on any atom is 0.313 e. The van der Waals surface area contributed by atoms with Gasteiger partial charge >= 0.3 is 5.97 Å². The van der Waals surface area contributed by atoms with Crippen molar-refractivity contribution in [2.24, 2.45) is 46.7 Å². The molecular formula is C13H17NO2. The summed E-state index contributed by atoms with van der Waals surface area (Å²) in [5.41, 5.74) is 6.14. The first-order valence-electron chi connectivity index (χ1n) is 6.38. The summed E-state index contributed by atoms with van der Waals surface area (Å²) in [5, 5.41) is 0. The van der Waals surface area contributed by atoms with Gasteiger partial charge < -0.3 is 10.5 Å². The first kappa shape index (κ1) is 8.51. The maximum atomic E-state index is 12.3. The third kappa shape index (κ3) is 0.418. The van der Waals surface area contributed by atoms with Gasteiger partial charge in [0.05, 0.1) is 5.41 Å². The summed E-state index contributed by atoms with van der Waals surface area (Å²) in [4.78, 5) is 12.3. The minimum absolute atomic E-state index is 0.0333. The topological polar surface area (TPSA) is 52.3 Å². The summed E-state index contributed by atoms with van der Waals surface area (Å²) in [6, 6.07) is 0. The van der Waals surface area contributed by atoms with Gasteiger partial charge in [-0.25, -0.2) is 0 Å². The first-order chi connectivity index (χ1) is 7.36. The zero-order chi connectivity index (χ0) is 11.2. The molecule has 0 aromatic heterocycles. The Kier molecular flexibility index (Phi) is 0.890. The van der Waals surface area contributed by atoms with Crippen molar-refractivity contribution < 1.29 is 9.53 Å². The van der Waals surface area contributed by atoms with Crippen LogP contribution >= 0.6 is 0 Å². The number of hydrogen-bond donors (Lipinski definition) is 1. The van der Waals surface area contributed by atoms with E-state index in [1.807, 2.05) is 20.8 Å². The van der Waals surface area contributed by atoms with Crippen LogP contribution in [0.25, 0.3) is 0 Å². The molecule has 2 N–H and O–H groups in total. The van der Waals surface area contributed by atoms with Gasteiger partial charge in [-0.2, -0.15) is 0 Å². The van der Waals surface area contributed by atoms with E-state index in [2.05, 4.69) is 0 Å². The summed E-state index contributed by atoms with van der Waals surface area (Å²) in [6.07, 6.45) is 0. The van der Waals surface area contributed by atoms with E-state index >= 15 is 0 Å². The fraction of sp³-hybridized carbons (Fsp3) is 0.923. The van der Waals surface area contributed by atoms with E-state index < -0.39 is 0 Å². The van der Waals surface area contributed by atoms with Crippen molar-refractivity contribution in [1.82, 2.24) is 0 Å². The molecule has 0 aromatic rings. The largest absolute Gasteiger partial charge is 0.460 e. The fourth-order valence-electron chi connectivity index (χ4n) is 6.39. The molecule has 0 heterocycles. The monoisotopic (exact) mass is 219 g/mol. The molecule has 0 aromatic carbocycles. The third-order valence-electron chi connectivity index (χ3n) is 6.46. The highest BCUT2D eigenvalue weighted by molar-refractivity contribution is 5.89. The molecule has 0 unspecified atom stereocenters. The number of carbonyl (C=O) groups is 1. The van der Waals surface area contributed by atoms with Gasteiger partial charge in [0.2, 0.25) is 0 Å². The number of esters is 1. The molecule has 0 bridgehead atoms. The Morgan fingerprint density at radius 3 is 1.88 bits per heavy atom. The molecule has 16 heavy (non-hydrogen) atoms. The lowest BCUT2D eigenvalue weighted by atomic mass is 8.94. The molecule has 3 heteroatoms. The maximum absolute atomic E-state index is 12.3. The van der Waals surface area contributed by atoms with Gasteiger partial charge in [-0.15, -0.1) is 0 Å². The van der Waals surface area contributed by atoms with Crippen LogP contribution < -0.4 is 5.73 Å². The molecule has 0 radical (unpaired) electrons. The molecule has 0 saturated heterocycles. The van der Waals surface area contributed by atoms with Crippen LogP contribution in [0.15, 0.2) is 0 Å². The van der Waals surface area contributed by atoms with Crippen molar-refractivity contribution in [2.45, 2.75) is 31.9 Å². The van der Waals surface area contributed by atoms with E-state index in [-0.39, 0.29) is 22.5 Å². The highest BCUT2D eigenvalue weighted by Gasteiger charge is 3.11. The van der Waals surface area contributed by atoms with Crippen LogP contribution in [0.1, 0.15) is 20.8 Å². The summed E-state index contributed by atoms with van der Waals surface area (Å²) >= 11 is 0. The van der Waals surface area contributed by atoms with Gasteiger partial charge in [0.15, 0.2) is 0 Å². The van der Waals surface area contributed by atoms with Crippen molar-refractivity contribution in [3.63, 3.8) is 0 Å². The van der Waals surface area contributed by atoms with Crippen LogP contribution in [0.5, 0.6) is 0 Å². The average Bonchev–Trinajstić information content (AvgIpc) is 2.15. The van der Waals surface area contributed by atoms with Crippen molar-refractivity contribution >= 4 is 5.97 Å². The van der Waals surface area contributed by atoms with Gasteiger partial charge in [0, 0.05) is 5.54 Å². The second kappa shape index (κ2) is 1.67. The molecule has 0 atom stereocenters. The van der Waals surface area contributed by atoms with Crippen LogP contribution in [0.2, 0.25) is 0 Å². The highest BCUT2D eigenvalue weighted by Crippen LogP contribution is 3.06. The van der Waals surface area contributed by atoms with Crippen molar-refractivity contribution in [3.05, 3.63) is 0 Å². The Bertz CT molecular complexity index is 407. The Morgan fingerprint density at radius 2 is 1.50 bits per heavy atom. The first-order valence-corrected chi connectivity index (χ1v) is 6.38. The Hall–Kier alpha value is -0.570. The number of hydrogen-bond acceptors (Lipinski definition) is 3. The molecule has 0 aliphatic heterocycles. The quantitative estimate of drug-likeness (QED) is 0.663. The Balaban J connectivity index is 1.46.